The van der Waals surface area contributed by atoms with Gasteiger partial charge in [0.05, 0.1) is 11.9 Å². The van der Waals surface area contributed by atoms with Crippen LogP contribution in [0.4, 0.5) is 0 Å². The molecular weight excluding hydrogens is 408 g/mol. The van der Waals surface area contributed by atoms with Crippen LogP contribution in [0.3, 0.4) is 0 Å². The van der Waals surface area contributed by atoms with Crippen LogP contribution >= 0.6 is 0 Å². The molecule has 0 rings (SSSR count). The minimum absolute atomic E-state index is 0. The minimum Gasteiger partial charge on any atom is -0.547 e. The number of carboxylic acids is 2. The summed E-state index contributed by atoms with van der Waals surface area (Å²) in [5.41, 5.74) is 0. The first-order valence-electron chi connectivity index (χ1n) is 6.60. The van der Waals surface area contributed by atoms with Gasteiger partial charge >= 0.3 is 37.7 Å². The quantitative estimate of drug-likeness (QED) is 0.119. The van der Waals surface area contributed by atoms with Crippen LogP contribution in [0.15, 0.2) is 0 Å². The average molecular weight is 426 g/mol. The van der Waals surface area contributed by atoms with E-state index in [1.165, 1.54) is 0 Å². The van der Waals surface area contributed by atoms with Crippen LogP contribution in [0.1, 0.15) is 0 Å². The van der Waals surface area contributed by atoms with Crippen LogP contribution in [0.25, 0.3) is 0 Å². The number of hydrogen-bond acceptors (Lipinski definition) is 14. The Morgan fingerprint density at radius 2 is 0.815 bits per heavy atom. The van der Waals surface area contributed by atoms with E-state index >= 15 is 0 Å². The van der Waals surface area contributed by atoms with E-state index in [4.69, 9.17) is 40.9 Å². The summed E-state index contributed by atoms with van der Waals surface area (Å²) >= 11 is 0. The Hall–Kier alpha value is -0.780. The number of aliphatic carboxylic acids is 2. The van der Waals surface area contributed by atoms with Crippen molar-refractivity contribution in [2.45, 2.75) is 48.8 Å². The molecule has 27 heavy (non-hydrogen) atoms. The van der Waals surface area contributed by atoms with Crippen LogP contribution in [-0.2, 0) is 19.2 Å². The Bertz CT molecular complexity index is 431. The predicted molar refractivity (Wildman–Crippen MR) is 76.0 cm³/mol. The summed E-state index contributed by atoms with van der Waals surface area (Å²) in [6.07, 6.45) is -17.3. The zero-order valence-corrected chi connectivity index (χ0v) is 15.7. The Labute approximate surface area is 180 Å². The van der Waals surface area contributed by atoms with Gasteiger partial charge in [-0.3, -0.25) is 0 Å². The third-order valence-corrected chi connectivity index (χ3v) is 2.81. The van der Waals surface area contributed by atoms with Gasteiger partial charge in [-0.2, -0.15) is 0 Å². The molecule has 152 valence electrons. The molecule has 0 aliphatic rings. The van der Waals surface area contributed by atoms with E-state index < -0.39 is 60.8 Å². The van der Waals surface area contributed by atoms with Crippen molar-refractivity contribution >= 4 is 62.2 Å². The fourth-order valence-electron chi connectivity index (χ4n) is 1.22. The molecule has 8 atom stereocenters. The SMILES string of the molecule is O=C[C@H](O)[C@H](O)[C@H](O)[C@H](O)C(=O)[O-].O=C[C@H](O)[C@H](O)[C@H](O)[C@H](O)C(=O)[O-].[Ca+2]. The van der Waals surface area contributed by atoms with Crippen LogP contribution in [0.5, 0.6) is 0 Å². The summed E-state index contributed by atoms with van der Waals surface area (Å²) in [5, 5.41) is 89.7. The summed E-state index contributed by atoms with van der Waals surface area (Å²) in [7, 11) is 0. The van der Waals surface area contributed by atoms with Gasteiger partial charge in [0.15, 0.2) is 12.6 Å². The first-order valence-corrected chi connectivity index (χ1v) is 6.60. The normalized spacial score (nSPS) is 19.3. The molecule has 0 saturated carbocycles. The van der Waals surface area contributed by atoms with E-state index in [-0.39, 0.29) is 50.3 Å². The molecule has 0 saturated heterocycles. The van der Waals surface area contributed by atoms with Crippen LogP contribution < -0.4 is 10.2 Å². The average Bonchev–Trinajstić information content (AvgIpc) is 2.62. The van der Waals surface area contributed by atoms with Gasteiger partial charge in [-0.1, -0.05) is 0 Å². The van der Waals surface area contributed by atoms with Gasteiger partial charge in [0.25, 0.3) is 0 Å². The third kappa shape index (κ3) is 11.0. The number of aldehydes is 2. The van der Waals surface area contributed by atoms with Gasteiger partial charge in [0, 0.05) is 0 Å². The summed E-state index contributed by atoms with van der Waals surface area (Å²) in [6, 6.07) is 0. The first kappa shape index (κ1) is 30.9. The molecule has 0 aromatic rings. The van der Waals surface area contributed by atoms with Crippen molar-refractivity contribution in [1.29, 1.82) is 0 Å². The molecule has 0 bridgehead atoms. The standard InChI is InChI=1S/2C6H10O7.Ca/c2*7-1-2(8)3(9)4(10)5(11)6(12)13;/h2*1-5,8-11H,(H,12,13);/q;;+2/p-2/t2*2-,3-,4-,5-;/m00./s1. The molecule has 8 N–H and O–H groups in total. The zero-order valence-electron chi connectivity index (χ0n) is 13.5. The first-order chi connectivity index (χ1) is 11.8. The van der Waals surface area contributed by atoms with Gasteiger partial charge in [-0.15, -0.1) is 0 Å². The summed E-state index contributed by atoms with van der Waals surface area (Å²) in [5.74, 6) is -4.02. The van der Waals surface area contributed by atoms with Gasteiger partial charge in [-0.25, -0.2) is 0 Å². The Morgan fingerprint density at radius 1 is 0.593 bits per heavy atom. The largest absolute Gasteiger partial charge is 2.00 e. The Morgan fingerprint density at radius 3 is 0.963 bits per heavy atom. The van der Waals surface area contributed by atoms with E-state index in [0.717, 1.165) is 0 Å². The molecule has 0 heterocycles. The summed E-state index contributed by atoms with van der Waals surface area (Å²) < 4.78 is 0. The second-order valence-corrected chi connectivity index (χ2v) is 4.74. The fourth-order valence-corrected chi connectivity index (χ4v) is 1.22. The van der Waals surface area contributed by atoms with Crippen molar-refractivity contribution in [2.75, 3.05) is 0 Å². The van der Waals surface area contributed by atoms with Gasteiger partial charge in [0.2, 0.25) is 0 Å². The number of aliphatic hydroxyl groups is 8. The van der Waals surface area contributed by atoms with E-state index in [0.29, 0.717) is 0 Å². The molecule has 0 amide bonds. The second-order valence-electron chi connectivity index (χ2n) is 4.74. The van der Waals surface area contributed by atoms with Crippen molar-refractivity contribution in [3.05, 3.63) is 0 Å². The molecule has 15 heteroatoms. The molecule has 0 aliphatic carbocycles. The molecule has 14 nitrogen and oxygen atoms in total. The van der Waals surface area contributed by atoms with Gasteiger partial charge in [-0.05, 0) is 0 Å². The summed E-state index contributed by atoms with van der Waals surface area (Å²) in [6.45, 7) is 0. The van der Waals surface area contributed by atoms with Crippen molar-refractivity contribution in [3.8, 4) is 0 Å². The molecule has 0 spiro atoms. The maximum absolute atomic E-state index is 9.95. The topological polar surface area (TPSA) is 276 Å². The van der Waals surface area contributed by atoms with Gasteiger partial charge < -0.3 is 70.2 Å². The number of carbonyl (C=O) groups excluding carboxylic acids is 4. The Balaban J connectivity index is -0.000000411. The van der Waals surface area contributed by atoms with Crippen molar-refractivity contribution in [3.63, 3.8) is 0 Å². The maximum Gasteiger partial charge on any atom is 2.00 e. The summed E-state index contributed by atoms with van der Waals surface area (Å²) in [4.78, 5) is 39.7. The maximum atomic E-state index is 9.95. The molecule has 0 fully saturated rings. The monoisotopic (exact) mass is 426 g/mol. The molecule has 0 aromatic carbocycles. The van der Waals surface area contributed by atoms with Crippen molar-refractivity contribution in [1.82, 2.24) is 0 Å². The Kier molecular flexibility index (Phi) is 17.4. The van der Waals surface area contributed by atoms with E-state index in [2.05, 4.69) is 0 Å². The number of hydrogen-bond donors (Lipinski definition) is 8. The van der Waals surface area contributed by atoms with Crippen molar-refractivity contribution in [2.24, 2.45) is 0 Å². The smallest absolute Gasteiger partial charge is 0.547 e. The molecule has 0 aliphatic heterocycles. The van der Waals surface area contributed by atoms with Gasteiger partial charge in [0.1, 0.15) is 48.8 Å². The van der Waals surface area contributed by atoms with E-state index in [9.17, 15) is 29.4 Å². The number of aliphatic hydroxyl groups excluding tert-OH is 8. The molecular formula is C12H18CaO14. The number of carboxylic acid groups (broad SMARTS) is 2. The second kappa shape index (κ2) is 15.2. The molecule has 0 unspecified atom stereocenters. The van der Waals surface area contributed by atoms with E-state index in [1.54, 1.807) is 0 Å². The van der Waals surface area contributed by atoms with Crippen LogP contribution in [0.2, 0.25) is 0 Å². The molecule has 0 radical (unpaired) electrons. The van der Waals surface area contributed by atoms with Crippen LogP contribution in [0, 0.1) is 0 Å². The predicted octanol–water partition coefficient (Wildman–Crippen LogP) is -9.62. The van der Waals surface area contributed by atoms with Crippen molar-refractivity contribution < 1.29 is 70.2 Å². The minimum atomic E-state index is -2.36. The van der Waals surface area contributed by atoms with E-state index in [1.807, 2.05) is 0 Å². The number of rotatable bonds is 10. The molecule has 0 aromatic heterocycles. The number of carbonyl (C=O) groups is 4. The fraction of sp³-hybridized carbons (Fsp3) is 0.667. The zero-order chi connectivity index (χ0) is 21.2. The van der Waals surface area contributed by atoms with Crippen LogP contribution in [-0.4, -0.2) is 152 Å². The third-order valence-electron chi connectivity index (χ3n) is 2.81.